The van der Waals surface area contributed by atoms with Crippen LogP contribution in [0.25, 0.3) is 5.69 Å². The van der Waals surface area contributed by atoms with Crippen molar-refractivity contribution in [1.82, 2.24) is 19.2 Å². The highest BCUT2D eigenvalue weighted by atomic mass is 16.1. The van der Waals surface area contributed by atoms with Crippen molar-refractivity contribution in [3.63, 3.8) is 0 Å². The van der Waals surface area contributed by atoms with Gasteiger partial charge in [-0.1, -0.05) is 31.2 Å². The smallest absolute Gasteiger partial charge is 0.276 e. The molecule has 2 heterocycles. The Morgan fingerprint density at radius 2 is 1.85 bits per heavy atom. The number of rotatable bonds is 7. The number of hydrogen-bond acceptors (Lipinski definition) is 3. The molecule has 0 saturated heterocycles. The molecule has 0 aliphatic rings. The Hall–Kier alpha value is -2.66. The molecule has 5 heteroatoms. The standard InChI is InChI=1S/C22H28N4O/c1-5-17(2)25(15-19-10-9-13-23-14-19)16-21-18(3)24(4)26(22(21)27)20-11-7-6-8-12-20/h6-14,17H,5,15-16H2,1-4H3/t17-/m0/s1. The van der Waals surface area contributed by atoms with Crippen LogP contribution >= 0.6 is 0 Å². The number of para-hydroxylation sites is 1. The predicted octanol–water partition coefficient (Wildman–Crippen LogP) is 3.68. The lowest BCUT2D eigenvalue weighted by Gasteiger charge is -2.28. The average Bonchev–Trinajstić information content (AvgIpc) is 2.91. The van der Waals surface area contributed by atoms with E-state index in [4.69, 9.17) is 0 Å². The summed E-state index contributed by atoms with van der Waals surface area (Å²) >= 11 is 0. The Labute approximate surface area is 160 Å². The summed E-state index contributed by atoms with van der Waals surface area (Å²) in [5.74, 6) is 0. The summed E-state index contributed by atoms with van der Waals surface area (Å²) in [6.45, 7) is 7.82. The fourth-order valence-corrected chi connectivity index (χ4v) is 3.36. The van der Waals surface area contributed by atoms with Gasteiger partial charge in [-0.25, -0.2) is 4.68 Å². The number of aromatic nitrogens is 3. The number of benzene rings is 1. The Morgan fingerprint density at radius 3 is 2.48 bits per heavy atom. The van der Waals surface area contributed by atoms with Crippen molar-refractivity contribution in [1.29, 1.82) is 0 Å². The van der Waals surface area contributed by atoms with Gasteiger partial charge in [0.2, 0.25) is 0 Å². The van der Waals surface area contributed by atoms with Crippen molar-refractivity contribution in [2.45, 2.75) is 46.3 Å². The largest absolute Gasteiger partial charge is 0.292 e. The Morgan fingerprint density at radius 1 is 1.11 bits per heavy atom. The van der Waals surface area contributed by atoms with E-state index in [-0.39, 0.29) is 5.56 Å². The second-order valence-corrected chi connectivity index (χ2v) is 7.06. The Bertz CT molecular complexity index is 928. The summed E-state index contributed by atoms with van der Waals surface area (Å²) < 4.78 is 3.70. The Balaban J connectivity index is 1.96. The zero-order chi connectivity index (χ0) is 19.4. The van der Waals surface area contributed by atoms with Crippen LogP contribution in [0.3, 0.4) is 0 Å². The van der Waals surface area contributed by atoms with Gasteiger partial charge < -0.3 is 0 Å². The van der Waals surface area contributed by atoms with E-state index in [1.54, 1.807) is 10.9 Å². The fourth-order valence-electron chi connectivity index (χ4n) is 3.36. The maximum absolute atomic E-state index is 13.2. The van der Waals surface area contributed by atoms with Gasteiger partial charge in [-0.15, -0.1) is 0 Å². The van der Waals surface area contributed by atoms with Gasteiger partial charge in [-0.3, -0.25) is 19.4 Å². The number of hydrogen-bond donors (Lipinski definition) is 0. The quantitative estimate of drug-likeness (QED) is 0.642. The van der Waals surface area contributed by atoms with Crippen molar-refractivity contribution in [2.24, 2.45) is 7.05 Å². The average molecular weight is 364 g/mol. The molecule has 0 aliphatic heterocycles. The molecule has 142 valence electrons. The zero-order valence-electron chi connectivity index (χ0n) is 16.6. The summed E-state index contributed by atoms with van der Waals surface area (Å²) in [5, 5.41) is 0. The highest BCUT2D eigenvalue weighted by Gasteiger charge is 2.21. The molecular formula is C22H28N4O. The van der Waals surface area contributed by atoms with Crippen LogP contribution in [0.5, 0.6) is 0 Å². The topological polar surface area (TPSA) is 43.1 Å². The first kappa shape index (κ1) is 19.1. The first-order valence-corrected chi connectivity index (χ1v) is 9.48. The SMILES string of the molecule is CC[C@H](C)N(Cc1cccnc1)Cc1c(C)n(C)n(-c2ccccc2)c1=O. The van der Waals surface area contributed by atoms with E-state index in [9.17, 15) is 4.79 Å². The number of nitrogens with zero attached hydrogens (tertiary/aromatic N) is 4. The highest BCUT2D eigenvalue weighted by molar-refractivity contribution is 5.33. The van der Waals surface area contributed by atoms with Gasteiger partial charge in [0.1, 0.15) is 0 Å². The van der Waals surface area contributed by atoms with Gasteiger partial charge in [-0.2, -0.15) is 0 Å². The highest BCUT2D eigenvalue weighted by Crippen LogP contribution is 2.17. The van der Waals surface area contributed by atoms with Crippen LogP contribution in [0.2, 0.25) is 0 Å². The molecule has 0 aliphatic carbocycles. The van der Waals surface area contributed by atoms with Crippen LogP contribution in [0.1, 0.15) is 37.1 Å². The van der Waals surface area contributed by atoms with Gasteiger partial charge in [0, 0.05) is 44.3 Å². The molecule has 1 aromatic carbocycles. The normalized spacial score (nSPS) is 12.5. The van der Waals surface area contributed by atoms with Crippen molar-refractivity contribution < 1.29 is 0 Å². The molecule has 2 aromatic heterocycles. The van der Waals surface area contributed by atoms with E-state index in [1.807, 2.05) is 61.2 Å². The molecule has 0 spiro atoms. The molecule has 0 radical (unpaired) electrons. The molecule has 27 heavy (non-hydrogen) atoms. The van der Waals surface area contributed by atoms with Crippen molar-refractivity contribution in [2.75, 3.05) is 0 Å². The van der Waals surface area contributed by atoms with E-state index in [1.165, 1.54) is 0 Å². The molecule has 0 unspecified atom stereocenters. The third kappa shape index (κ3) is 4.03. The predicted molar refractivity (Wildman–Crippen MR) is 109 cm³/mol. The lowest BCUT2D eigenvalue weighted by atomic mass is 10.1. The lowest BCUT2D eigenvalue weighted by Crippen LogP contribution is -2.34. The molecule has 0 fully saturated rings. The van der Waals surface area contributed by atoms with Crippen LogP contribution in [0.15, 0.2) is 59.7 Å². The summed E-state index contributed by atoms with van der Waals surface area (Å²) in [7, 11) is 1.95. The molecule has 0 bridgehead atoms. The van der Waals surface area contributed by atoms with Crippen molar-refractivity contribution >= 4 is 0 Å². The molecule has 0 N–H and O–H groups in total. The van der Waals surface area contributed by atoms with Gasteiger partial charge in [0.25, 0.3) is 5.56 Å². The molecule has 0 amide bonds. The van der Waals surface area contributed by atoms with Gasteiger partial charge in [0.05, 0.1) is 11.3 Å². The summed E-state index contributed by atoms with van der Waals surface area (Å²) in [6.07, 6.45) is 4.71. The first-order valence-electron chi connectivity index (χ1n) is 9.48. The Kier molecular flexibility index (Phi) is 5.91. The maximum atomic E-state index is 13.2. The van der Waals surface area contributed by atoms with Crippen LogP contribution in [0.4, 0.5) is 0 Å². The minimum absolute atomic E-state index is 0.0562. The van der Waals surface area contributed by atoms with Crippen LogP contribution in [-0.4, -0.2) is 25.3 Å². The second-order valence-electron chi connectivity index (χ2n) is 7.06. The molecule has 5 nitrogen and oxygen atoms in total. The molecule has 0 saturated carbocycles. The molecular weight excluding hydrogens is 336 g/mol. The van der Waals surface area contributed by atoms with Crippen LogP contribution in [0, 0.1) is 6.92 Å². The zero-order valence-corrected chi connectivity index (χ0v) is 16.6. The third-order valence-electron chi connectivity index (χ3n) is 5.36. The first-order chi connectivity index (χ1) is 13.0. The van der Waals surface area contributed by atoms with E-state index in [0.29, 0.717) is 12.6 Å². The van der Waals surface area contributed by atoms with Crippen LogP contribution < -0.4 is 5.56 Å². The van der Waals surface area contributed by atoms with Gasteiger partial charge >= 0.3 is 0 Å². The summed E-state index contributed by atoms with van der Waals surface area (Å²) in [4.78, 5) is 19.8. The molecule has 1 atom stereocenters. The second kappa shape index (κ2) is 8.35. The monoisotopic (exact) mass is 364 g/mol. The maximum Gasteiger partial charge on any atom is 0.276 e. The van der Waals surface area contributed by atoms with Gasteiger partial charge in [-0.05, 0) is 44.0 Å². The van der Waals surface area contributed by atoms with E-state index in [0.717, 1.165) is 35.5 Å². The summed E-state index contributed by atoms with van der Waals surface area (Å²) in [6, 6.07) is 14.2. The minimum atomic E-state index is 0.0562. The molecule has 3 aromatic rings. The lowest BCUT2D eigenvalue weighted by molar-refractivity contribution is 0.185. The van der Waals surface area contributed by atoms with Crippen LogP contribution in [-0.2, 0) is 20.1 Å². The van der Waals surface area contributed by atoms with Gasteiger partial charge in [0.15, 0.2) is 0 Å². The van der Waals surface area contributed by atoms with Crippen molar-refractivity contribution in [3.05, 3.63) is 82.0 Å². The fraction of sp³-hybridized carbons (Fsp3) is 0.364. The van der Waals surface area contributed by atoms with E-state index in [2.05, 4.69) is 29.8 Å². The minimum Gasteiger partial charge on any atom is -0.292 e. The van der Waals surface area contributed by atoms with E-state index < -0.39 is 0 Å². The van der Waals surface area contributed by atoms with Crippen molar-refractivity contribution in [3.8, 4) is 5.69 Å². The number of pyridine rings is 1. The third-order valence-corrected chi connectivity index (χ3v) is 5.36. The van der Waals surface area contributed by atoms with E-state index >= 15 is 0 Å². The molecule has 3 rings (SSSR count). The summed E-state index contributed by atoms with van der Waals surface area (Å²) in [5.41, 5.74) is 3.96.